The molecule has 14 heavy (non-hydrogen) atoms. The molecular weight excluding hydrogens is 178 g/mol. The predicted octanol–water partition coefficient (Wildman–Crippen LogP) is 1.35. The summed E-state index contributed by atoms with van der Waals surface area (Å²) in [6.07, 6.45) is 6.95. The van der Waals surface area contributed by atoms with Crippen LogP contribution in [0.25, 0.3) is 22.3 Å². The highest BCUT2D eigenvalue weighted by Gasteiger charge is 2.06. The Morgan fingerprint density at radius 2 is 2.21 bits per heavy atom. The van der Waals surface area contributed by atoms with Crippen LogP contribution in [0.15, 0.2) is 31.0 Å². The third-order valence-corrected chi connectivity index (χ3v) is 2.13. The van der Waals surface area contributed by atoms with Gasteiger partial charge in [-0.1, -0.05) is 0 Å². The molecule has 0 aliphatic carbocycles. The molecule has 0 fully saturated rings. The Kier molecular flexibility index (Phi) is 1.38. The zero-order chi connectivity index (χ0) is 9.38. The van der Waals surface area contributed by atoms with Crippen LogP contribution in [0, 0.1) is 0 Å². The minimum atomic E-state index is 0.844. The molecule has 68 valence electrons. The average molecular weight is 185 g/mol. The quantitative estimate of drug-likeness (QED) is 0.601. The molecular formula is C9H7N5. The second-order valence-corrected chi connectivity index (χ2v) is 2.95. The lowest BCUT2D eigenvalue weighted by molar-refractivity contribution is 1.09. The molecule has 0 bridgehead atoms. The zero-order valence-electron chi connectivity index (χ0n) is 7.23. The normalized spacial score (nSPS) is 10.9. The van der Waals surface area contributed by atoms with Gasteiger partial charge in [0.1, 0.15) is 12.0 Å². The predicted molar refractivity (Wildman–Crippen MR) is 51.5 cm³/mol. The number of hydrogen-bond acceptors (Lipinski definition) is 3. The molecule has 0 spiro atoms. The van der Waals surface area contributed by atoms with Gasteiger partial charge >= 0.3 is 0 Å². The largest absolute Gasteiger partial charge is 0.346 e. The summed E-state index contributed by atoms with van der Waals surface area (Å²) in [6, 6.07) is 1.96. The summed E-state index contributed by atoms with van der Waals surface area (Å²) in [4.78, 5) is 11.4. The first-order chi connectivity index (χ1) is 6.95. The van der Waals surface area contributed by atoms with Gasteiger partial charge < -0.3 is 4.98 Å². The molecule has 0 radical (unpaired) electrons. The Bertz CT molecular complexity index is 551. The van der Waals surface area contributed by atoms with Crippen LogP contribution < -0.4 is 0 Å². The van der Waals surface area contributed by atoms with E-state index in [9.17, 15) is 0 Å². The molecule has 0 unspecified atom stereocenters. The Labute approximate surface area is 79.2 Å². The number of aromatic amines is 2. The fourth-order valence-corrected chi connectivity index (χ4v) is 1.48. The van der Waals surface area contributed by atoms with Crippen molar-refractivity contribution in [2.75, 3.05) is 0 Å². The van der Waals surface area contributed by atoms with Gasteiger partial charge in [-0.25, -0.2) is 9.97 Å². The summed E-state index contributed by atoms with van der Waals surface area (Å²) < 4.78 is 0. The van der Waals surface area contributed by atoms with E-state index in [0.29, 0.717) is 0 Å². The van der Waals surface area contributed by atoms with Crippen molar-refractivity contribution >= 4 is 11.0 Å². The molecule has 3 heterocycles. The minimum absolute atomic E-state index is 0.844. The molecule has 3 rings (SSSR count). The maximum Gasteiger partial charge on any atom is 0.141 e. The van der Waals surface area contributed by atoms with Gasteiger partial charge in [0, 0.05) is 23.3 Å². The van der Waals surface area contributed by atoms with Crippen LogP contribution in [-0.2, 0) is 0 Å². The van der Waals surface area contributed by atoms with Crippen molar-refractivity contribution < 1.29 is 0 Å². The van der Waals surface area contributed by atoms with Crippen molar-refractivity contribution in [3.63, 3.8) is 0 Å². The lowest BCUT2D eigenvalue weighted by Gasteiger charge is -1.96. The molecule has 2 N–H and O–H groups in total. The van der Waals surface area contributed by atoms with Crippen molar-refractivity contribution in [1.29, 1.82) is 0 Å². The Morgan fingerprint density at radius 3 is 3.07 bits per heavy atom. The van der Waals surface area contributed by atoms with E-state index < -0.39 is 0 Å². The first-order valence-corrected chi connectivity index (χ1v) is 4.22. The van der Waals surface area contributed by atoms with E-state index >= 15 is 0 Å². The number of fused-ring (bicyclic) bond motifs is 1. The second-order valence-electron chi connectivity index (χ2n) is 2.95. The smallest absolute Gasteiger partial charge is 0.141 e. The molecule has 0 atom stereocenters. The number of rotatable bonds is 1. The highest BCUT2D eigenvalue weighted by Crippen LogP contribution is 2.22. The van der Waals surface area contributed by atoms with Crippen LogP contribution in [0.3, 0.4) is 0 Å². The van der Waals surface area contributed by atoms with E-state index in [4.69, 9.17) is 0 Å². The molecule has 3 aromatic rings. The van der Waals surface area contributed by atoms with Crippen LogP contribution in [-0.4, -0.2) is 25.1 Å². The summed E-state index contributed by atoms with van der Waals surface area (Å²) in [5.41, 5.74) is 2.71. The van der Waals surface area contributed by atoms with Crippen molar-refractivity contribution in [3.05, 3.63) is 31.0 Å². The summed E-state index contributed by atoms with van der Waals surface area (Å²) in [7, 11) is 0. The third kappa shape index (κ3) is 0.922. The minimum Gasteiger partial charge on any atom is -0.346 e. The molecule has 5 heteroatoms. The van der Waals surface area contributed by atoms with Crippen molar-refractivity contribution in [3.8, 4) is 11.3 Å². The van der Waals surface area contributed by atoms with Crippen LogP contribution >= 0.6 is 0 Å². The number of nitrogens with one attached hydrogen (secondary N) is 2. The molecule has 0 aliphatic rings. The maximum atomic E-state index is 4.23. The molecule has 0 saturated heterocycles. The Hall–Kier alpha value is -2.17. The molecule has 0 saturated carbocycles. The number of hydrogen-bond donors (Lipinski definition) is 2. The van der Waals surface area contributed by atoms with E-state index in [1.807, 2.05) is 18.5 Å². The topological polar surface area (TPSA) is 70.2 Å². The fraction of sp³-hybridized carbons (Fsp3) is 0. The van der Waals surface area contributed by atoms with Gasteiger partial charge in [-0.15, -0.1) is 0 Å². The van der Waals surface area contributed by atoms with Crippen LogP contribution in [0.5, 0.6) is 0 Å². The van der Waals surface area contributed by atoms with E-state index in [2.05, 4.69) is 25.1 Å². The van der Waals surface area contributed by atoms with Gasteiger partial charge in [-0.05, 0) is 6.07 Å². The molecule has 3 aromatic heterocycles. The summed E-state index contributed by atoms with van der Waals surface area (Å²) >= 11 is 0. The van der Waals surface area contributed by atoms with Crippen LogP contribution in [0.1, 0.15) is 0 Å². The molecule has 0 amide bonds. The summed E-state index contributed by atoms with van der Waals surface area (Å²) in [5.74, 6) is 0. The van der Waals surface area contributed by atoms with Crippen molar-refractivity contribution in [2.45, 2.75) is 0 Å². The van der Waals surface area contributed by atoms with Crippen LogP contribution in [0.4, 0.5) is 0 Å². The lowest BCUT2D eigenvalue weighted by Crippen LogP contribution is -1.85. The average Bonchev–Trinajstić information content (AvgIpc) is 2.88. The third-order valence-electron chi connectivity index (χ3n) is 2.13. The van der Waals surface area contributed by atoms with Crippen molar-refractivity contribution in [2.24, 2.45) is 0 Å². The number of aromatic nitrogens is 5. The first kappa shape index (κ1) is 7.25. The first-order valence-electron chi connectivity index (χ1n) is 4.22. The highest BCUT2D eigenvalue weighted by molar-refractivity contribution is 5.89. The van der Waals surface area contributed by atoms with E-state index in [1.165, 1.54) is 0 Å². The monoisotopic (exact) mass is 185 g/mol. The van der Waals surface area contributed by atoms with Gasteiger partial charge in [0.25, 0.3) is 0 Å². The summed E-state index contributed by atoms with van der Waals surface area (Å²) in [6.45, 7) is 0. The molecule has 0 aliphatic heterocycles. The van der Waals surface area contributed by atoms with E-state index in [0.717, 1.165) is 22.3 Å². The van der Waals surface area contributed by atoms with E-state index in [1.54, 1.807) is 12.5 Å². The van der Waals surface area contributed by atoms with Crippen molar-refractivity contribution in [1.82, 2.24) is 25.1 Å². The SMILES string of the molecule is c1nc(-c2cn[nH]c2)c2cc[nH]c2n1. The summed E-state index contributed by atoms with van der Waals surface area (Å²) in [5, 5.41) is 7.67. The molecule has 5 nitrogen and oxygen atoms in total. The fourth-order valence-electron chi connectivity index (χ4n) is 1.48. The highest BCUT2D eigenvalue weighted by atomic mass is 15.1. The Morgan fingerprint density at radius 1 is 1.21 bits per heavy atom. The second kappa shape index (κ2) is 2.66. The lowest BCUT2D eigenvalue weighted by atomic mass is 10.2. The number of H-pyrrole nitrogens is 2. The van der Waals surface area contributed by atoms with Gasteiger partial charge in [-0.3, -0.25) is 5.10 Å². The number of nitrogens with zero attached hydrogens (tertiary/aromatic N) is 3. The van der Waals surface area contributed by atoms with Gasteiger partial charge in [-0.2, -0.15) is 5.10 Å². The zero-order valence-corrected chi connectivity index (χ0v) is 7.23. The van der Waals surface area contributed by atoms with Gasteiger partial charge in [0.05, 0.1) is 11.9 Å². The van der Waals surface area contributed by atoms with E-state index in [-0.39, 0.29) is 0 Å². The Balaban J connectivity index is 2.36. The molecule has 0 aromatic carbocycles. The van der Waals surface area contributed by atoms with Gasteiger partial charge in [0.2, 0.25) is 0 Å². The maximum absolute atomic E-state index is 4.23. The standard InChI is InChI=1S/C9H7N5/c1-2-10-9-7(1)8(11-5-12-9)6-3-13-14-4-6/h1-5H,(H,13,14)(H,10,11,12). The van der Waals surface area contributed by atoms with Gasteiger partial charge in [0.15, 0.2) is 0 Å². The van der Waals surface area contributed by atoms with Crippen LogP contribution in [0.2, 0.25) is 0 Å².